The lowest BCUT2D eigenvalue weighted by atomic mass is 9.99. The lowest BCUT2D eigenvalue weighted by molar-refractivity contribution is 0.669. The van der Waals surface area contributed by atoms with Crippen LogP contribution in [0.25, 0.3) is 82.8 Å². The second-order valence-corrected chi connectivity index (χ2v) is 14.5. The average Bonchev–Trinajstić information content (AvgIpc) is 3.83. The van der Waals surface area contributed by atoms with Gasteiger partial charge in [0.1, 0.15) is 5.58 Å². The van der Waals surface area contributed by atoms with Crippen LogP contribution in [0.4, 0.5) is 17.1 Å². The van der Waals surface area contributed by atoms with Crippen LogP contribution >= 0.6 is 0 Å². The molecular weight excluding hydrogens is 693 g/mol. The van der Waals surface area contributed by atoms with Crippen molar-refractivity contribution in [3.05, 3.63) is 218 Å². The minimum Gasteiger partial charge on any atom is -0.454 e. The van der Waals surface area contributed by atoms with E-state index in [9.17, 15) is 0 Å². The van der Waals surface area contributed by atoms with E-state index in [0.29, 0.717) is 0 Å². The minimum absolute atomic E-state index is 0.858. The highest BCUT2D eigenvalue weighted by molar-refractivity contribution is 6.13. The number of benzene rings is 9. The third-order valence-corrected chi connectivity index (χ3v) is 11.2. The summed E-state index contributed by atoms with van der Waals surface area (Å²) in [6.45, 7) is 0. The third kappa shape index (κ3) is 5.51. The van der Waals surface area contributed by atoms with Gasteiger partial charge in [-0.2, -0.15) is 0 Å². The van der Waals surface area contributed by atoms with Crippen LogP contribution in [-0.4, -0.2) is 4.57 Å². The predicted octanol–water partition coefficient (Wildman–Crippen LogP) is 15.2. The van der Waals surface area contributed by atoms with E-state index in [4.69, 9.17) is 4.42 Å². The number of para-hydroxylation sites is 5. The first kappa shape index (κ1) is 32.8. The fourth-order valence-electron chi connectivity index (χ4n) is 8.59. The molecule has 9 aromatic carbocycles. The molecule has 0 radical (unpaired) electrons. The number of aromatic nitrogens is 1. The molecule has 0 aliphatic rings. The number of furan rings is 1. The molecule has 57 heavy (non-hydrogen) atoms. The van der Waals surface area contributed by atoms with Crippen molar-refractivity contribution in [1.29, 1.82) is 0 Å². The Kier molecular flexibility index (Phi) is 7.82. The SMILES string of the molecule is c1ccc(-c2ccc3c(c2)c2cc(-c4ccccc4)ccc2n3-c2ccccc2-c2ccccc2N(c2ccccc2)c2cccc3c2oc2ccccc23)cc1. The van der Waals surface area contributed by atoms with E-state index in [1.165, 1.54) is 33.0 Å². The van der Waals surface area contributed by atoms with E-state index >= 15 is 0 Å². The highest BCUT2D eigenvalue weighted by Crippen LogP contribution is 2.47. The Morgan fingerprint density at radius 1 is 0.351 bits per heavy atom. The number of nitrogens with zero attached hydrogens (tertiary/aromatic N) is 2. The average molecular weight is 729 g/mol. The summed E-state index contributed by atoms with van der Waals surface area (Å²) in [5.74, 6) is 0. The van der Waals surface area contributed by atoms with Crippen LogP contribution in [0.15, 0.2) is 223 Å². The molecule has 0 spiro atoms. The van der Waals surface area contributed by atoms with Gasteiger partial charge in [-0.05, 0) is 82.9 Å². The van der Waals surface area contributed by atoms with Crippen molar-refractivity contribution < 1.29 is 4.42 Å². The fourth-order valence-corrected chi connectivity index (χ4v) is 8.59. The Labute approximate surface area is 330 Å². The van der Waals surface area contributed by atoms with Gasteiger partial charge in [0.15, 0.2) is 5.58 Å². The smallest absolute Gasteiger partial charge is 0.159 e. The molecule has 2 heterocycles. The summed E-state index contributed by atoms with van der Waals surface area (Å²) in [6.07, 6.45) is 0. The monoisotopic (exact) mass is 728 g/mol. The second kappa shape index (κ2) is 13.6. The van der Waals surface area contributed by atoms with E-state index in [2.05, 4.69) is 216 Å². The van der Waals surface area contributed by atoms with Gasteiger partial charge < -0.3 is 13.9 Å². The van der Waals surface area contributed by atoms with Gasteiger partial charge in [-0.1, -0.05) is 158 Å². The Morgan fingerprint density at radius 3 is 1.56 bits per heavy atom. The fraction of sp³-hybridized carbons (Fsp3) is 0. The molecule has 268 valence electrons. The zero-order chi connectivity index (χ0) is 37.7. The number of fused-ring (bicyclic) bond motifs is 6. The quantitative estimate of drug-likeness (QED) is 0.163. The normalized spacial score (nSPS) is 11.5. The van der Waals surface area contributed by atoms with Crippen molar-refractivity contribution in [1.82, 2.24) is 4.57 Å². The van der Waals surface area contributed by atoms with Gasteiger partial charge in [0.2, 0.25) is 0 Å². The number of hydrogen-bond acceptors (Lipinski definition) is 2. The second-order valence-electron chi connectivity index (χ2n) is 14.5. The summed E-state index contributed by atoms with van der Waals surface area (Å²) >= 11 is 0. The number of hydrogen-bond donors (Lipinski definition) is 0. The first-order valence-corrected chi connectivity index (χ1v) is 19.4. The van der Waals surface area contributed by atoms with Crippen molar-refractivity contribution in [2.75, 3.05) is 4.90 Å². The van der Waals surface area contributed by atoms with Crippen molar-refractivity contribution >= 4 is 60.8 Å². The van der Waals surface area contributed by atoms with Crippen LogP contribution in [-0.2, 0) is 0 Å². The number of rotatable bonds is 7. The summed E-state index contributed by atoms with van der Waals surface area (Å²) < 4.78 is 9.12. The maximum absolute atomic E-state index is 6.67. The highest BCUT2D eigenvalue weighted by atomic mass is 16.3. The molecule has 0 saturated heterocycles. The molecule has 0 aliphatic heterocycles. The molecule has 0 amide bonds. The molecule has 0 unspecified atom stereocenters. The lowest BCUT2D eigenvalue weighted by Crippen LogP contribution is -2.11. The topological polar surface area (TPSA) is 21.3 Å². The summed E-state index contributed by atoms with van der Waals surface area (Å²) in [7, 11) is 0. The van der Waals surface area contributed by atoms with Crippen LogP contribution < -0.4 is 4.90 Å². The van der Waals surface area contributed by atoms with Crippen LogP contribution in [0, 0.1) is 0 Å². The Morgan fingerprint density at radius 2 is 0.877 bits per heavy atom. The molecule has 0 bridgehead atoms. The summed E-state index contributed by atoms with van der Waals surface area (Å²) in [4.78, 5) is 2.35. The van der Waals surface area contributed by atoms with Gasteiger partial charge in [0, 0.05) is 38.4 Å². The molecule has 0 aliphatic carbocycles. The predicted molar refractivity (Wildman–Crippen MR) is 239 cm³/mol. The van der Waals surface area contributed by atoms with Crippen LogP contribution in [0.5, 0.6) is 0 Å². The molecule has 3 heteroatoms. The van der Waals surface area contributed by atoms with Crippen molar-refractivity contribution in [2.24, 2.45) is 0 Å². The molecule has 0 fully saturated rings. The molecule has 0 atom stereocenters. The Balaban J connectivity index is 1.16. The maximum Gasteiger partial charge on any atom is 0.159 e. The zero-order valence-electron chi connectivity index (χ0n) is 31.1. The molecule has 11 rings (SSSR count). The van der Waals surface area contributed by atoms with E-state index in [1.807, 2.05) is 12.1 Å². The first-order valence-electron chi connectivity index (χ1n) is 19.4. The maximum atomic E-state index is 6.67. The van der Waals surface area contributed by atoms with Gasteiger partial charge >= 0.3 is 0 Å². The molecular formula is C54H36N2O. The van der Waals surface area contributed by atoms with Gasteiger partial charge in [-0.3, -0.25) is 0 Å². The largest absolute Gasteiger partial charge is 0.454 e. The van der Waals surface area contributed by atoms with Crippen molar-refractivity contribution in [3.63, 3.8) is 0 Å². The first-order chi connectivity index (χ1) is 28.3. The van der Waals surface area contributed by atoms with Gasteiger partial charge in [0.25, 0.3) is 0 Å². The minimum atomic E-state index is 0.858. The molecule has 0 saturated carbocycles. The molecule has 3 nitrogen and oxygen atoms in total. The van der Waals surface area contributed by atoms with Crippen LogP contribution in [0.2, 0.25) is 0 Å². The molecule has 0 N–H and O–H groups in total. The van der Waals surface area contributed by atoms with Crippen LogP contribution in [0.1, 0.15) is 0 Å². The summed E-state index contributed by atoms with van der Waals surface area (Å²) in [6, 6.07) is 78.1. The standard InChI is InChI=1S/C54H36N2O/c1-4-17-37(18-5-1)39-31-33-50-46(35-39)47-36-40(38-19-6-2-7-20-38)32-34-51(47)56(50)49-28-14-11-24-43(49)42-23-10-13-27-48(42)55(41-21-8-3-9-22-41)52-29-16-26-45-44-25-12-15-30-53(44)57-54(45)52/h1-36H. The lowest BCUT2D eigenvalue weighted by Gasteiger charge is -2.28. The summed E-state index contributed by atoms with van der Waals surface area (Å²) in [5.41, 5.74) is 15.3. The molecule has 2 aromatic heterocycles. The number of anilines is 3. The van der Waals surface area contributed by atoms with Crippen LogP contribution in [0.3, 0.4) is 0 Å². The molecule has 11 aromatic rings. The van der Waals surface area contributed by atoms with E-state index in [-0.39, 0.29) is 0 Å². The van der Waals surface area contributed by atoms with Gasteiger partial charge in [-0.25, -0.2) is 0 Å². The van der Waals surface area contributed by atoms with Crippen molar-refractivity contribution in [3.8, 4) is 39.1 Å². The Hall–Kier alpha value is -7.62. The summed E-state index contributed by atoms with van der Waals surface area (Å²) in [5, 5.41) is 4.64. The Bertz CT molecular complexity index is 3140. The highest BCUT2D eigenvalue weighted by Gasteiger charge is 2.24. The zero-order valence-corrected chi connectivity index (χ0v) is 31.1. The van der Waals surface area contributed by atoms with E-state index in [0.717, 1.165) is 66.8 Å². The van der Waals surface area contributed by atoms with Gasteiger partial charge in [-0.15, -0.1) is 0 Å². The van der Waals surface area contributed by atoms with Gasteiger partial charge in [0.05, 0.1) is 28.1 Å². The van der Waals surface area contributed by atoms with E-state index < -0.39 is 0 Å². The third-order valence-electron chi connectivity index (χ3n) is 11.2. The van der Waals surface area contributed by atoms with E-state index in [1.54, 1.807) is 0 Å². The van der Waals surface area contributed by atoms with Crippen molar-refractivity contribution in [2.45, 2.75) is 0 Å².